The number of anilines is 1. The Hall–Kier alpha value is -2.41. The molecule has 2 fully saturated rings. The van der Waals surface area contributed by atoms with E-state index in [0.717, 1.165) is 74.4 Å². The third-order valence-electron chi connectivity index (χ3n) is 8.17. The molecule has 1 aliphatic heterocycles. The van der Waals surface area contributed by atoms with Crippen LogP contribution in [0.25, 0.3) is 11.0 Å². The van der Waals surface area contributed by atoms with Gasteiger partial charge in [0.15, 0.2) is 0 Å². The molecule has 1 N–H and O–H groups in total. The molecule has 0 spiro atoms. The zero-order valence-electron chi connectivity index (χ0n) is 22.2. The van der Waals surface area contributed by atoms with Gasteiger partial charge in [-0.3, -0.25) is 10.1 Å². The van der Waals surface area contributed by atoms with E-state index in [-0.39, 0.29) is 11.4 Å². The Balaban J connectivity index is 1.31. The summed E-state index contributed by atoms with van der Waals surface area (Å²) < 4.78 is 8.06. The Labute approximate surface area is 215 Å². The summed E-state index contributed by atoms with van der Waals surface area (Å²) in [5, 5.41) is 13.9. The van der Waals surface area contributed by atoms with E-state index in [2.05, 4.69) is 46.6 Å². The van der Waals surface area contributed by atoms with Crippen molar-refractivity contribution in [3.05, 3.63) is 24.0 Å². The van der Waals surface area contributed by atoms with Crippen molar-refractivity contribution in [3.8, 4) is 6.07 Å². The molecule has 3 aliphatic rings. The Morgan fingerprint density at radius 2 is 2.00 bits per heavy atom. The molecule has 2 aliphatic carbocycles. The number of rotatable bonds is 9. The van der Waals surface area contributed by atoms with Crippen molar-refractivity contribution in [1.82, 2.24) is 19.8 Å². The number of hydrogen-bond acceptors (Lipinski definition) is 6. The first kappa shape index (κ1) is 25.2. The van der Waals surface area contributed by atoms with Crippen LogP contribution >= 0.6 is 0 Å². The van der Waals surface area contributed by atoms with E-state index in [1.165, 1.54) is 0 Å². The molecule has 194 valence electrons. The van der Waals surface area contributed by atoms with Gasteiger partial charge in [0.1, 0.15) is 17.9 Å². The number of ether oxygens (including phenoxy) is 1. The predicted molar refractivity (Wildman–Crippen MR) is 145 cm³/mol. The third-order valence-corrected chi connectivity index (χ3v) is 9.87. The monoisotopic (exact) mass is 508 g/mol. The van der Waals surface area contributed by atoms with Crippen molar-refractivity contribution in [3.63, 3.8) is 0 Å². The van der Waals surface area contributed by atoms with Crippen LogP contribution in [0.5, 0.6) is 0 Å². The van der Waals surface area contributed by atoms with Gasteiger partial charge in [0.05, 0.1) is 24.0 Å². The highest BCUT2D eigenvalue weighted by Gasteiger charge is 2.43. The van der Waals surface area contributed by atoms with Gasteiger partial charge in [0, 0.05) is 45.6 Å². The molecule has 36 heavy (non-hydrogen) atoms. The number of carbonyl (C=O) groups excluding carboxylic acids is 1. The van der Waals surface area contributed by atoms with Crippen LogP contribution in [-0.4, -0.2) is 66.9 Å². The molecule has 9 heteroatoms. The van der Waals surface area contributed by atoms with E-state index in [9.17, 15) is 10.1 Å². The number of fused-ring (bicyclic) bond motifs is 3. The molecule has 0 bridgehead atoms. The Kier molecular flexibility index (Phi) is 6.88. The fourth-order valence-electron chi connectivity index (χ4n) is 5.56. The molecule has 0 aromatic carbocycles. The van der Waals surface area contributed by atoms with Gasteiger partial charge < -0.3 is 19.1 Å². The van der Waals surface area contributed by atoms with Crippen LogP contribution in [0.15, 0.2) is 18.5 Å². The normalized spacial score (nSPS) is 23.6. The van der Waals surface area contributed by atoms with Crippen LogP contribution in [-0.2, 0) is 11.5 Å². The van der Waals surface area contributed by atoms with Crippen molar-refractivity contribution < 1.29 is 9.53 Å². The number of amides is 1. The lowest BCUT2D eigenvalue weighted by molar-refractivity contribution is 0.0774. The second-order valence-electron chi connectivity index (χ2n) is 12.3. The zero-order chi connectivity index (χ0) is 25.5. The maximum atomic E-state index is 13.1. The fraction of sp³-hybridized carbons (Fsp3) is 0.667. The summed E-state index contributed by atoms with van der Waals surface area (Å²) in [6, 6.07) is 6.07. The van der Waals surface area contributed by atoms with Gasteiger partial charge in [0.2, 0.25) is 0 Å². The van der Waals surface area contributed by atoms with Crippen LogP contribution in [0.3, 0.4) is 0 Å². The molecule has 1 amide bonds. The van der Waals surface area contributed by atoms with Gasteiger partial charge in [-0.1, -0.05) is 19.6 Å². The first-order valence-electron chi connectivity index (χ1n) is 13.4. The smallest absolute Gasteiger partial charge is 0.258 e. The summed E-state index contributed by atoms with van der Waals surface area (Å²) in [6.45, 7) is 9.87. The quantitative estimate of drug-likeness (QED) is 0.399. The Bertz CT molecular complexity index is 1150. The second kappa shape index (κ2) is 9.80. The first-order chi connectivity index (χ1) is 17.2. The van der Waals surface area contributed by atoms with Crippen LogP contribution in [0.1, 0.15) is 48.9 Å². The number of nitrogens with one attached hydrogen (secondary N) is 1. The molecule has 0 unspecified atom stereocenters. The topological polar surface area (TPSA) is 86.4 Å². The molecule has 8 nitrogen and oxygen atoms in total. The van der Waals surface area contributed by atoms with E-state index < -0.39 is 8.07 Å². The van der Waals surface area contributed by atoms with E-state index in [4.69, 9.17) is 9.72 Å². The minimum Gasteiger partial charge on any atom is -0.361 e. The average Bonchev–Trinajstić information content (AvgIpc) is 3.53. The standard InChI is InChI=1S/C27H40N6O2Si/c1-31-18-33(21-7-5-20(6-8-21)15-30-27(17-28)10-11-27)24-22-9-12-32(19-35-13-14-36(2,3)4)25(22)29-16-23(24)26(31)34/h9,12,16,20-21,30H,5-8,10-11,13-15,18-19H2,1-4H3/t20-,21-. The van der Waals surface area contributed by atoms with Crippen molar-refractivity contribution in [1.29, 1.82) is 5.26 Å². The molecule has 2 aromatic heterocycles. The van der Waals surface area contributed by atoms with Gasteiger partial charge in [-0.25, -0.2) is 4.98 Å². The maximum Gasteiger partial charge on any atom is 0.258 e. The van der Waals surface area contributed by atoms with Gasteiger partial charge in [-0.2, -0.15) is 5.26 Å². The highest BCUT2D eigenvalue weighted by molar-refractivity contribution is 6.76. The summed E-state index contributed by atoms with van der Waals surface area (Å²) in [4.78, 5) is 22.0. The molecule has 3 heterocycles. The Morgan fingerprint density at radius 1 is 1.25 bits per heavy atom. The summed E-state index contributed by atoms with van der Waals surface area (Å²) in [7, 11) is 0.751. The molecule has 5 rings (SSSR count). The molecule has 2 aromatic rings. The summed E-state index contributed by atoms with van der Waals surface area (Å²) >= 11 is 0. The van der Waals surface area contributed by atoms with Gasteiger partial charge >= 0.3 is 0 Å². The van der Waals surface area contributed by atoms with Gasteiger partial charge in [-0.15, -0.1) is 0 Å². The maximum absolute atomic E-state index is 13.1. The van der Waals surface area contributed by atoms with Crippen LogP contribution in [0.4, 0.5) is 5.69 Å². The number of aromatic nitrogens is 2. The first-order valence-corrected chi connectivity index (χ1v) is 17.1. The fourth-order valence-corrected chi connectivity index (χ4v) is 6.31. The summed E-state index contributed by atoms with van der Waals surface area (Å²) in [5.74, 6) is 0.654. The summed E-state index contributed by atoms with van der Waals surface area (Å²) in [6.07, 6.45) is 10.2. The number of nitriles is 1. The third kappa shape index (κ3) is 5.17. The van der Waals surface area contributed by atoms with Crippen LogP contribution in [0, 0.1) is 17.2 Å². The minimum atomic E-state index is -1.13. The lowest BCUT2D eigenvalue weighted by Crippen LogP contribution is -2.50. The lowest BCUT2D eigenvalue weighted by atomic mass is 9.84. The van der Waals surface area contributed by atoms with E-state index in [1.807, 2.05) is 18.1 Å². The van der Waals surface area contributed by atoms with Crippen LogP contribution < -0.4 is 10.2 Å². The minimum absolute atomic E-state index is 0.0407. The summed E-state index contributed by atoms with van der Waals surface area (Å²) in [5.41, 5.74) is 2.37. The van der Waals surface area contributed by atoms with Gasteiger partial charge in [0.25, 0.3) is 5.91 Å². The van der Waals surface area contributed by atoms with E-state index in [0.29, 0.717) is 30.9 Å². The number of hydrogen-bond donors (Lipinski definition) is 1. The van der Waals surface area contributed by atoms with E-state index in [1.54, 1.807) is 6.20 Å². The van der Waals surface area contributed by atoms with E-state index >= 15 is 0 Å². The molecular formula is C27H40N6O2Si. The SMILES string of the molecule is CN1CN([C@H]2CC[C@H](CNC3(C#N)CC3)CC2)c2c(cnc3c2ccn3COCC[Si](C)(C)C)C1=O. The van der Waals surface area contributed by atoms with Gasteiger partial charge in [-0.05, 0) is 63.1 Å². The van der Waals surface area contributed by atoms with Crippen molar-refractivity contribution in [2.45, 2.75) is 82.5 Å². The van der Waals surface area contributed by atoms with Crippen molar-refractivity contribution >= 4 is 30.7 Å². The number of nitrogens with zero attached hydrogens (tertiary/aromatic N) is 5. The average molecular weight is 509 g/mol. The molecule has 0 saturated heterocycles. The molecule has 2 saturated carbocycles. The second-order valence-corrected chi connectivity index (χ2v) is 17.9. The van der Waals surface area contributed by atoms with Crippen molar-refractivity contribution in [2.24, 2.45) is 5.92 Å². The zero-order valence-corrected chi connectivity index (χ0v) is 23.2. The molecular weight excluding hydrogens is 468 g/mol. The van der Waals surface area contributed by atoms with Crippen molar-refractivity contribution in [2.75, 3.05) is 31.8 Å². The molecule has 0 atom stereocenters. The Morgan fingerprint density at radius 3 is 2.67 bits per heavy atom. The largest absolute Gasteiger partial charge is 0.361 e. The lowest BCUT2D eigenvalue weighted by Gasteiger charge is -2.44. The number of carbonyl (C=O) groups is 1. The van der Waals surface area contributed by atoms with Crippen LogP contribution in [0.2, 0.25) is 25.7 Å². The highest BCUT2D eigenvalue weighted by atomic mass is 28.3. The highest BCUT2D eigenvalue weighted by Crippen LogP contribution is 2.40. The predicted octanol–water partition coefficient (Wildman–Crippen LogP) is 4.40. The molecule has 0 radical (unpaired) electrons. The number of pyridine rings is 1.